The van der Waals surface area contributed by atoms with Crippen molar-refractivity contribution >= 4 is 16.0 Å². The van der Waals surface area contributed by atoms with Crippen molar-refractivity contribution in [2.45, 2.75) is 37.2 Å². The van der Waals surface area contributed by atoms with Crippen LogP contribution >= 0.6 is 0 Å². The number of benzene rings is 2. The zero-order chi connectivity index (χ0) is 22.3. The normalized spacial score (nSPS) is 18.8. The molecule has 2 aromatic carbocycles. The third-order valence-corrected chi connectivity index (χ3v) is 7.75. The van der Waals surface area contributed by atoms with Crippen LogP contribution in [0.5, 0.6) is 0 Å². The largest absolute Gasteiger partial charge is 0.465 e. The molecule has 2 atom stereocenters. The Labute approximate surface area is 183 Å². The molecule has 0 saturated carbocycles. The third-order valence-electron chi connectivity index (χ3n) is 5.53. The maximum absolute atomic E-state index is 13.3. The van der Waals surface area contributed by atoms with Gasteiger partial charge in [-0.1, -0.05) is 42.5 Å². The molecule has 0 amide bonds. The average Bonchev–Trinajstić information content (AvgIpc) is 3.05. The van der Waals surface area contributed by atoms with E-state index in [4.69, 9.17) is 9.47 Å². The molecule has 1 fully saturated rings. The van der Waals surface area contributed by atoms with Crippen molar-refractivity contribution in [2.75, 3.05) is 26.8 Å². The van der Waals surface area contributed by atoms with Crippen molar-refractivity contribution in [1.82, 2.24) is 4.31 Å². The van der Waals surface area contributed by atoms with Gasteiger partial charge in [0, 0.05) is 13.1 Å². The second kappa shape index (κ2) is 10.9. The molecule has 168 valence electrons. The fraction of sp³-hybridized carbons (Fsp3) is 0.435. The Morgan fingerprint density at radius 3 is 2.61 bits per heavy atom. The molecule has 0 aliphatic carbocycles. The van der Waals surface area contributed by atoms with Crippen LogP contribution in [0.15, 0.2) is 54.6 Å². The summed E-state index contributed by atoms with van der Waals surface area (Å²) in [4.78, 5) is 11.8. The molecule has 3 rings (SSSR count). The number of hydrogen-bond donors (Lipinski definition) is 1. The first-order valence-electron chi connectivity index (χ1n) is 10.4. The summed E-state index contributed by atoms with van der Waals surface area (Å²) in [5, 5.41) is 8.78. The number of ether oxygens (including phenoxy) is 2. The second-order valence-electron chi connectivity index (χ2n) is 7.58. The number of rotatable bonds is 8. The Morgan fingerprint density at radius 2 is 1.90 bits per heavy atom. The minimum absolute atomic E-state index is 0.0179. The van der Waals surface area contributed by atoms with Crippen molar-refractivity contribution in [2.24, 2.45) is 0 Å². The van der Waals surface area contributed by atoms with Gasteiger partial charge in [-0.2, -0.15) is 0 Å². The van der Waals surface area contributed by atoms with Gasteiger partial charge >= 0.3 is 5.97 Å². The molecule has 1 aliphatic heterocycles. The molecule has 0 radical (unpaired) electrons. The summed E-state index contributed by atoms with van der Waals surface area (Å²) in [5.41, 5.74) is 1.70. The van der Waals surface area contributed by atoms with E-state index in [0.717, 1.165) is 12.0 Å². The fourth-order valence-corrected chi connectivity index (χ4v) is 5.57. The highest BCUT2D eigenvalue weighted by Gasteiger charge is 2.34. The van der Waals surface area contributed by atoms with Crippen molar-refractivity contribution in [3.05, 3.63) is 71.3 Å². The standard InChI is InChI=1S/C23H29NO6S/c1-29-23(26)20-10-5-9-19(15-20)22(16-25)31(27,28)24-13-6-11-21(12-14-24)30-17-18-7-3-2-4-8-18/h2-5,7-10,15,21-22,25H,6,11-14,16-17H2,1H3. The van der Waals surface area contributed by atoms with Crippen LogP contribution in [0, 0.1) is 0 Å². The lowest BCUT2D eigenvalue weighted by atomic mass is 10.1. The number of methoxy groups -OCH3 is 1. The monoisotopic (exact) mass is 447 g/mol. The van der Waals surface area contributed by atoms with E-state index in [2.05, 4.69) is 0 Å². The summed E-state index contributed by atoms with van der Waals surface area (Å²) < 4.78 is 38.8. The van der Waals surface area contributed by atoms with Crippen LogP contribution in [0.4, 0.5) is 0 Å². The van der Waals surface area contributed by atoms with Crippen molar-refractivity contribution in [3.63, 3.8) is 0 Å². The number of esters is 1. The van der Waals surface area contributed by atoms with Gasteiger partial charge in [0.2, 0.25) is 10.0 Å². The van der Waals surface area contributed by atoms with Crippen molar-refractivity contribution < 1.29 is 27.8 Å². The molecule has 0 spiro atoms. The van der Waals surface area contributed by atoms with E-state index < -0.39 is 27.8 Å². The molecule has 0 bridgehead atoms. The molecular weight excluding hydrogens is 418 g/mol. The Morgan fingerprint density at radius 1 is 1.13 bits per heavy atom. The fourth-order valence-electron chi connectivity index (χ4n) is 3.78. The highest BCUT2D eigenvalue weighted by atomic mass is 32.2. The van der Waals surface area contributed by atoms with Gasteiger partial charge in [0.15, 0.2) is 0 Å². The molecule has 2 aromatic rings. The zero-order valence-corrected chi connectivity index (χ0v) is 18.5. The third kappa shape index (κ3) is 5.92. The minimum Gasteiger partial charge on any atom is -0.465 e. The highest BCUT2D eigenvalue weighted by molar-refractivity contribution is 7.89. The van der Waals surface area contributed by atoms with Gasteiger partial charge < -0.3 is 14.6 Å². The van der Waals surface area contributed by atoms with Gasteiger partial charge in [-0.25, -0.2) is 17.5 Å². The summed E-state index contributed by atoms with van der Waals surface area (Å²) in [7, 11) is -2.55. The Hall–Kier alpha value is -2.26. The van der Waals surface area contributed by atoms with Crippen LogP contribution in [0.3, 0.4) is 0 Å². The predicted octanol–water partition coefficient (Wildman–Crippen LogP) is 2.91. The topological polar surface area (TPSA) is 93.1 Å². The summed E-state index contributed by atoms with van der Waals surface area (Å²) in [6, 6.07) is 16.1. The summed E-state index contributed by atoms with van der Waals surface area (Å²) in [6.45, 7) is 0.630. The van der Waals surface area contributed by atoms with Crippen molar-refractivity contribution in [3.8, 4) is 0 Å². The summed E-state index contributed by atoms with van der Waals surface area (Å²) in [5.74, 6) is -0.552. The van der Waals surface area contributed by atoms with Crippen LogP contribution in [-0.2, 0) is 26.1 Å². The maximum atomic E-state index is 13.3. The first-order chi connectivity index (χ1) is 15.0. The number of aliphatic hydroxyl groups is 1. The summed E-state index contributed by atoms with van der Waals surface area (Å²) >= 11 is 0. The number of carbonyl (C=O) groups excluding carboxylic acids is 1. The molecule has 1 N–H and O–H groups in total. The molecule has 2 unspecified atom stereocenters. The van der Waals surface area contributed by atoms with Crippen molar-refractivity contribution in [1.29, 1.82) is 0 Å². The number of carbonyl (C=O) groups is 1. The first-order valence-corrected chi connectivity index (χ1v) is 11.9. The van der Waals surface area contributed by atoms with Gasteiger partial charge in [0.05, 0.1) is 32.0 Å². The quantitative estimate of drug-likeness (QED) is 0.626. The lowest BCUT2D eigenvalue weighted by Gasteiger charge is -2.26. The zero-order valence-electron chi connectivity index (χ0n) is 17.6. The van der Waals surface area contributed by atoms with Crippen LogP contribution in [0.25, 0.3) is 0 Å². The lowest BCUT2D eigenvalue weighted by Crippen LogP contribution is -2.37. The van der Waals surface area contributed by atoms with Crippen LogP contribution < -0.4 is 0 Å². The Balaban J connectivity index is 1.68. The number of aliphatic hydroxyl groups excluding tert-OH is 1. The van der Waals surface area contributed by atoms with Crippen LogP contribution in [0.1, 0.15) is 46.0 Å². The summed E-state index contributed by atoms with van der Waals surface area (Å²) in [6.07, 6.45) is 2.03. The second-order valence-corrected chi connectivity index (χ2v) is 9.70. The molecule has 1 saturated heterocycles. The molecule has 0 aromatic heterocycles. The molecule has 1 aliphatic rings. The predicted molar refractivity (Wildman–Crippen MR) is 117 cm³/mol. The van der Waals surface area contributed by atoms with Gasteiger partial charge in [0.25, 0.3) is 0 Å². The smallest absolute Gasteiger partial charge is 0.337 e. The lowest BCUT2D eigenvalue weighted by molar-refractivity contribution is 0.0323. The average molecular weight is 448 g/mol. The van der Waals surface area contributed by atoms with E-state index in [9.17, 15) is 18.3 Å². The van der Waals surface area contributed by atoms with Crippen LogP contribution in [-0.4, -0.2) is 56.7 Å². The van der Waals surface area contributed by atoms with E-state index >= 15 is 0 Å². The molecule has 8 heteroatoms. The van der Waals surface area contributed by atoms with Gasteiger partial charge in [-0.05, 0) is 42.5 Å². The van der Waals surface area contributed by atoms with E-state index in [-0.39, 0.29) is 11.7 Å². The van der Waals surface area contributed by atoms with Gasteiger partial charge in [-0.3, -0.25) is 0 Å². The number of nitrogens with zero attached hydrogens (tertiary/aromatic N) is 1. The number of hydrogen-bond acceptors (Lipinski definition) is 6. The van der Waals surface area contributed by atoms with Crippen LogP contribution in [0.2, 0.25) is 0 Å². The van der Waals surface area contributed by atoms with E-state index in [1.54, 1.807) is 18.2 Å². The van der Waals surface area contributed by atoms with E-state index in [0.29, 0.717) is 38.1 Å². The van der Waals surface area contributed by atoms with Gasteiger partial charge in [-0.15, -0.1) is 0 Å². The molecule has 7 nitrogen and oxygen atoms in total. The Bertz CT molecular complexity index is 963. The van der Waals surface area contributed by atoms with E-state index in [1.807, 2.05) is 30.3 Å². The molecular formula is C23H29NO6S. The number of sulfonamides is 1. The van der Waals surface area contributed by atoms with Gasteiger partial charge in [0.1, 0.15) is 5.25 Å². The highest BCUT2D eigenvalue weighted by Crippen LogP contribution is 2.29. The maximum Gasteiger partial charge on any atom is 0.337 e. The first kappa shape index (κ1) is 23.4. The molecule has 1 heterocycles. The Kier molecular flexibility index (Phi) is 8.20. The van der Waals surface area contributed by atoms with E-state index in [1.165, 1.54) is 17.5 Å². The minimum atomic E-state index is -3.81. The SMILES string of the molecule is COC(=O)c1cccc(C(CO)S(=O)(=O)N2CCCC(OCc3ccccc3)CC2)c1. The molecule has 31 heavy (non-hydrogen) atoms.